The summed E-state index contributed by atoms with van der Waals surface area (Å²) in [4.78, 5) is 38.7. The Morgan fingerprint density at radius 3 is 2.84 bits per heavy atom. The minimum atomic E-state index is -0.124. The Hall–Kier alpha value is -2.58. The molecule has 2 aromatic heterocycles. The number of hydrogen-bond acceptors (Lipinski definition) is 6. The predicted octanol–water partition coefficient (Wildman–Crippen LogP) is 1.51. The molecule has 2 bridgehead atoms. The van der Waals surface area contributed by atoms with Gasteiger partial charge >= 0.3 is 0 Å². The van der Waals surface area contributed by atoms with Crippen LogP contribution in [0.1, 0.15) is 47.1 Å². The van der Waals surface area contributed by atoms with Crippen LogP contribution in [0.4, 0.5) is 0 Å². The summed E-state index contributed by atoms with van der Waals surface area (Å²) in [6.07, 6.45) is 6.48. The lowest BCUT2D eigenvalue weighted by atomic mass is 9.83. The van der Waals surface area contributed by atoms with E-state index in [0.29, 0.717) is 38.8 Å². The summed E-state index contributed by atoms with van der Waals surface area (Å²) in [5.74, 6) is 0.571. The van der Waals surface area contributed by atoms with Crippen LogP contribution in [0.5, 0.6) is 0 Å². The Labute approximate surface area is 181 Å². The number of fused-ring (bicyclic) bond motifs is 4. The Balaban J connectivity index is 1.36. The minimum absolute atomic E-state index is 0.124. The van der Waals surface area contributed by atoms with Gasteiger partial charge in [-0.3, -0.25) is 14.5 Å². The van der Waals surface area contributed by atoms with Gasteiger partial charge in [-0.25, -0.2) is 9.97 Å². The molecule has 3 aliphatic rings. The average Bonchev–Trinajstić information content (AvgIpc) is 3.23. The lowest BCUT2D eigenvalue weighted by Gasteiger charge is -2.42. The molecule has 3 atom stereocenters. The summed E-state index contributed by atoms with van der Waals surface area (Å²) in [5, 5.41) is 0. The molecule has 0 saturated carbocycles. The van der Waals surface area contributed by atoms with Gasteiger partial charge in [0.15, 0.2) is 0 Å². The molecule has 0 radical (unpaired) electrons. The second-order valence-corrected chi connectivity index (χ2v) is 9.00. The molecule has 0 N–H and O–H groups in total. The van der Waals surface area contributed by atoms with Crippen molar-refractivity contribution in [3.05, 3.63) is 58.0 Å². The van der Waals surface area contributed by atoms with Gasteiger partial charge in [-0.1, -0.05) is 6.07 Å². The Morgan fingerprint density at radius 1 is 1.19 bits per heavy atom. The number of aromatic nitrogens is 3. The molecule has 0 spiro atoms. The fourth-order valence-electron chi connectivity index (χ4n) is 5.53. The van der Waals surface area contributed by atoms with Gasteiger partial charge in [-0.15, -0.1) is 0 Å². The summed E-state index contributed by atoms with van der Waals surface area (Å²) in [5.41, 5.74) is 2.03. The molecule has 31 heavy (non-hydrogen) atoms. The third-order valence-corrected chi connectivity index (χ3v) is 6.96. The lowest BCUT2D eigenvalue weighted by molar-refractivity contribution is 0.0581. The monoisotopic (exact) mass is 423 g/mol. The van der Waals surface area contributed by atoms with Crippen molar-refractivity contribution in [2.24, 2.45) is 5.92 Å². The first-order valence-corrected chi connectivity index (χ1v) is 11.2. The van der Waals surface area contributed by atoms with Crippen molar-refractivity contribution in [1.82, 2.24) is 24.3 Å². The van der Waals surface area contributed by atoms with E-state index in [1.165, 1.54) is 0 Å². The molecule has 2 aromatic rings. The highest BCUT2D eigenvalue weighted by Crippen LogP contribution is 2.35. The Morgan fingerprint density at radius 2 is 2.03 bits per heavy atom. The molecule has 5 heterocycles. The molecule has 0 unspecified atom stereocenters. The molecule has 2 saturated heterocycles. The number of nitrogens with zero attached hydrogens (tertiary/aromatic N) is 5. The van der Waals surface area contributed by atoms with Gasteiger partial charge < -0.3 is 14.2 Å². The predicted molar refractivity (Wildman–Crippen MR) is 115 cm³/mol. The zero-order valence-electron chi connectivity index (χ0n) is 17.9. The highest BCUT2D eigenvalue weighted by atomic mass is 16.5. The van der Waals surface area contributed by atoms with E-state index in [-0.39, 0.29) is 29.1 Å². The van der Waals surface area contributed by atoms with Crippen molar-refractivity contribution in [3.8, 4) is 0 Å². The first-order chi connectivity index (χ1) is 15.1. The number of rotatable bonds is 5. The molecule has 0 aromatic carbocycles. The second kappa shape index (κ2) is 8.51. The number of piperidine rings is 1. The van der Waals surface area contributed by atoms with Crippen molar-refractivity contribution in [2.45, 2.75) is 44.3 Å². The van der Waals surface area contributed by atoms with Crippen LogP contribution < -0.4 is 5.56 Å². The van der Waals surface area contributed by atoms with Crippen LogP contribution in [0.3, 0.4) is 0 Å². The fraction of sp³-hybridized carbons (Fsp3) is 0.565. The van der Waals surface area contributed by atoms with Crippen molar-refractivity contribution in [1.29, 1.82) is 0 Å². The van der Waals surface area contributed by atoms with Crippen LogP contribution in [-0.4, -0.2) is 69.6 Å². The standard InChI is InChI=1S/C23H29N5O3/c1-31-15-19-4-2-9-26(19)13-17-5-6-20-18-10-16(12-28(20)22(17)29)11-27(14-18)23(30)21-24-7-3-8-25-21/h3,5-8,16,18-19H,2,4,9-15H2,1H3/t16-,18+,19-/m0/s1. The molecular weight excluding hydrogens is 394 g/mol. The zero-order chi connectivity index (χ0) is 21.4. The van der Waals surface area contributed by atoms with Crippen LogP contribution in [0, 0.1) is 5.92 Å². The van der Waals surface area contributed by atoms with Gasteiger partial charge in [-0.2, -0.15) is 0 Å². The number of likely N-dealkylation sites (tertiary alicyclic amines) is 2. The van der Waals surface area contributed by atoms with E-state index in [4.69, 9.17) is 4.74 Å². The third-order valence-electron chi connectivity index (χ3n) is 6.96. The molecule has 2 fully saturated rings. The summed E-state index contributed by atoms with van der Waals surface area (Å²) in [6, 6.07) is 6.20. The number of amides is 1. The van der Waals surface area contributed by atoms with Crippen molar-refractivity contribution in [3.63, 3.8) is 0 Å². The highest BCUT2D eigenvalue weighted by molar-refractivity contribution is 5.90. The van der Waals surface area contributed by atoms with Crippen LogP contribution in [0.2, 0.25) is 0 Å². The minimum Gasteiger partial charge on any atom is -0.383 e. The fourth-order valence-corrected chi connectivity index (χ4v) is 5.53. The first-order valence-electron chi connectivity index (χ1n) is 11.2. The largest absolute Gasteiger partial charge is 0.383 e. The van der Waals surface area contributed by atoms with Crippen molar-refractivity contribution in [2.75, 3.05) is 33.4 Å². The van der Waals surface area contributed by atoms with Gasteiger partial charge in [0.1, 0.15) is 0 Å². The summed E-state index contributed by atoms with van der Waals surface area (Å²) < 4.78 is 7.33. The molecule has 1 amide bonds. The Bertz CT molecular complexity index is 1010. The van der Waals surface area contributed by atoms with Gasteiger partial charge in [0.2, 0.25) is 5.82 Å². The molecule has 164 valence electrons. The van der Waals surface area contributed by atoms with Gasteiger partial charge in [0, 0.05) is 68.9 Å². The molecule has 0 aliphatic carbocycles. The topological polar surface area (TPSA) is 80.6 Å². The normalized spacial score (nSPS) is 25.5. The number of ether oxygens (including phenoxy) is 1. The van der Waals surface area contributed by atoms with E-state index >= 15 is 0 Å². The van der Waals surface area contributed by atoms with E-state index in [0.717, 1.165) is 37.1 Å². The number of pyridine rings is 1. The second-order valence-electron chi connectivity index (χ2n) is 9.00. The van der Waals surface area contributed by atoms with E-state index in [9.17, 15) is 9.59 Å². The number of hydrogen-bond donors (Lipinski definition) is 0. The number of methoxy groups -OCH3 is 1. The molecule has 5 rings (SSSR count). The quantitative estimate of drug-likeness (QED) is 0.725. The average molecular weight is 424 g/mol. The first kappa shape index (κ1) is 20.3. The molecule has 8 nitrogen and oxygen atoms in total. The molecule has 8 heteroatoms. The Kier molecular flexibility index (Phi) is 5.58. The maximum atomic E-state index is 13.3. The van der Waals surface area contributed by atoms with Crippen molar-refractivity contribution >= 4 is 5.91 Å². The third kappa shape index (κ3) is 3.90. The van der Waals surface area contributed by atoms with Crippen LogP contribution in [0.15, 0.2) is 35.4 Å². The summed E-state index contributed by atoms with van der Waals surface area (Å²) in [6.45, 7) is 4.32. The van der Waals surface area contributed by atoms with Gasteiger partial charge in [0.05, 0.1) is 6.61 Å². The SMILES string of the molecule is COC[C@@H]1CCCN1Cc1ccc2n(c1=O)C[C@H]1C[C@@H]2CN(C(=O)c2ncccn2)C1. The summed E-state index contributed by atoms with van der Waals surface area (Å²) >= 11 is 0. The van der Waals surface area contributed by atoms with Gasteiger partial charge in [0.25, 0.3) is 11.5 Å². The smallest absolute Gasteiger partial charge is 0.291 e. The molecule has 3 aliphatic heterocycles. The van der Waals surface area contributed by atoms with E-state index < -0.39 is 0 Å². The summed E-state index contributed by atoms with van der Waals surface area (Å²) in [7, 11) is 1.74. The van der Waals surface area contributed by atoms with Crippen LogP contribution >= 0.6 is 0 Å². The van der Waals surface area contributed by atoms with Gasteiger partial charge in [-0.05, 0) is 43.9 Å². The zero-order valence-corrected chi connectivity index (χ0v) is 17.9. The molecular formula is C23H29N5O3. The lowest BCUT2D eigenvalue weighted by Crippen LogP contribution is -2.50. The van der Waals surface area contributed by atoms with E-state index in [1.54, 1.807) is 25.6 Å². The van der Waals surface area contributed by atoms with E-state index in [2.05, 4.69) is 20.9 Å². The van der Waals surface area contributed by atoms with Crippen LogP contribution in [-0.2, 0) is 17.8 Å². The highest BCUT2D eigenvalue weighted by Gasteiger charge is 2.37. The van der Waals surface area contributed by atoms with Crippen LogP contribution in [0.25, 0.3) is 0 Å². The van der Waals surface area contributed by atoms with Crippen molar-refractivity contribution < 1.29 is 9.53 Å². The maximum absolute atomic E-state index is 13.3. The number of carbonyl (C=O) groups excluding carboxylic acids is 1. The number of carbonyl (C=O) groups is 1. The van der Waals surface area contributed by atoms with E-state index in [1.807, 2.05) is 15.5 Å². The maximum Gasteiger partial charge on any atom is 0.291 e.